The first-order valence-corrected chi connectivity index (χ1v) is 11.4. The number of amides is 1. The molecule has 0 aliphatic carbocycles. The zero-order chi connectivity index (χ0) is 22.9. The van der Waals surface area contributed by atoms with Crippen LogP contribution in [0.1, 0.15) is 35.2 Å². The van der Waals surface area contributed by atoms with Crippen molar-refractivity contribution < 1.29 is 9.53 Å². The van der Waals surface area contributed by atoms with Gasteiger partial charge in [0.15, 0.2) is 5.82 Å². The standard InChI is InChI=1S/C24H25ClN6O2/c1-15-28-29-24-20(14-22(32)30-11-9-26-10-12-30)27-23(16-3-5-17(25)6-4-16)19-13-18(33-2)7-8-21(19)31(15)24/h3-8,13,20,26H,9-12,14H2,1-2H3. The maximum absolute atomic E-state index is 13.2. The molecule has 2 aliphatic rings. The van der Waals surface area contributed by atoms with Gasteiger partial charge in [-0.25, -0.2) is 0 Å². The van der Waals surface area contributed by atoms with Crippen LogP contribution in [-0.2, 0) is 4.79 Å². The molecule has 1 saturated heterocycles. The Kier molecular flexibility index (Phi) is 5.86. The topological polar surface area (TPSA) is 84.6 Å². The van der Waals surface area contributed by atoms with Gasteiger partial charge in [0.25, 0.3) is 0 Å². The van der Waals surface area contributed by atoms with E-state index in [1.165, 1.54) is 0 Å². The Labute approximate surface area is 197 Å². The number of carbonyl (C=O) groups is 1. The van der Waals surface area contributed by atoms with Crippen molar-refractivity contribution in [2.45, 2.75) is 19.4 Å². The number of nitrogens with zero attached hydrogens (tertiary/aromatic N) is 5. The summed E-state index contributed by atoms with van der Waals surface area (Å²) in [5, 5.41) is 12.7. The average Bonchev–Trinajstić information content (AvgIpc) is 3.17. The molecule has 0 bridgehead atoms. The molecular weight excluding hydrogens is 440 g/mol. The predicted octanol–water partition coefficient (Wildman–Crippen LogP) is 2.95. The Hall–Kier alpha value is -3.23. The van der Waals surface area contributed by atoms with E-state index in [0.29, 0.717) is 23.9 Å². The molecule has 3 heterocycles. The fourth-order valence-corrected chi connectivity index (χ4v) is 4.51. The van der Waals surface area contributed by atoms with Crippen LogP contribution in [0, 0.1) is 6.92 Å². The van der Waals surface area contributed by atoms with Gasteiger partial charge in [-0.2, -0.15) is 0 Å². The maximum atomic E-state index is 13.2. The summed E-state index contributed by atoms with van der Waals surface area (Å²) in [7, 11) is 1.64. The van der Waals surface area contributed by atoms with Crippen molar-refractivity contribution in [2.75, 3.05) is 33.3 Å². The highest BCUT2D eigenvalue weighted by Gasteiger charge is 2.31. The lowest BCUT2D eigenvalue weighted by Gasteiger charge is -2.28. The van der Waals surface area contributed by atoms with Gasteiger partial charge in [0.1, 0.15) is 17.6 Å². The molecule has 2 aliphatic heterocycles. The first-order chi connectivity index (χ1) is 16.0. The first-order valence-electron chi connectivity index (χ1n) is 11.0. The van der Waals surface area contributed by atoms with Crippen LogP contribution in [0.2, 0.25) is 5.02 Å². The summed E-state index contributed by atoms with van der Waals surface area (Å²) in [6, 6.07) is 13.0. The van der Waals surface area contributed by atoms with Crippen LogP contribution < -0.4 is 10.1 Å². The molecule has 9 heteroatoms. The Morgan fingerprint density at radius 2 is 1.91 bits per heavy atom. The molecule has 1 amide bonds. The van der Waals surface area contributed by atoms with Crippen molar-refractivity contribution in [1.82, 2.24) is 25.0 Å². The molecule has 170 valence electrons. The number of benzene rings is 2. The third kappa shape index (κ3) is 4.12. The molecular formula is C24H25ClN6O2. The molecule has 0 radical (unpaired) electrons. The summed E-state index contributed by atoms with van der Waals surface area (Å²) in [5.74, 6) is 2.18. The van der Waals surface area contributed by atoms with E-state index in [-0.39, 0.29) is 12.3 Å². The van der Waals surface area contributed by atoms with Gasteiger partial charge in [-0.1, -0.05) is 23.7 Å². The van der Waals surface area contributed by atoms with Crippen LogP contribution in [0.25, 0.3) is 5.69 Å². The van der Waals surface area contributed by atoms with Crippen LogP contribution in [0.4, 0.5) is 0 Å². The van der Waals surface area contributed by atoms with E-state index in [1.54, 1.807) is 7.11 Å². The van der Waals surface area contributed by atoms with E-state index in [4.69, 9.17) is 21.3 Å². The summed E-state index contributed by atoms with van der Waals surface area (Å²) in [6.07, 6.45) is 0.223. The van der Waals surface area contributed by atoms with E-state index in [9.17, 15) is 4.79 Å². The number of hydrogen-bond donors (Lipinski definition) is 1. The van der Waals surface area contributed by atoms with E-state index in [2.05, 4.69) is 15.5 Å². The van der Waals surface area contributed by atoms with E-state index in [1.807, 2.05) is 58.9 Å². The minimum Gasteiger partial charge on any atom is -0.497 e. The third-order valence-corrected chi connectivity index (χ3v) is 6.34. The molecule has 3 aromatic rings. The van der Waals surface area contributed by atoms with Crippen molar-refractivity contribution in [3.05, 3.63) is 70.3 Å². The highest BCUT2D eigenvalue weighted by Crippen LogP contribution is 2.34. The first kappa shape index (κ1) is 21.6. The lowest BCUT2D eigenvalue weighted by Crippen LogP contribution is -2.46. The smallest absolute Gasteiger partial charge is 0.225 e. The normalized spacial score (nSPS) is 17.6. The Morgan fingerprint density at radius 3 is 2.64 bits per heavy atom. The van der Waals surface area contributed by atoms with Gasteiger partial charge in [0.2, 0.25) is 5.91 Å². The number of piperazine rings is 1. The molecule has 5 rings (SSSR count). The number of rotatable bonds is 4. The van der Waals surface area contributed by atoms with E-state index < -0.39 is 6.04 Å². The number of nitrogens with one attached hydrogen (secondary N) is 1. The number of carbonyl (C=O) groups excluding carboxylic acids is 1. The van der Waals surface area contributed by atoms with Gasteiger partial charge >= 0.3 is 0 Å². The van der Waals surface area contributed by atoms with Crippen molar-refractivity contribution in [3.63, 3.8) is 0 Å². The number of aryl methyl sites for hydroxylation is 1. The van der Waals surface area contributed by atoms with Crippen molar-refractivity contribution in [1.29, 1.82) is 0 Å². The molecule has 0 spiro atoms. The van der Waals surface area contributed by atoms with Gasteiger partial charge in [0, 0.05) is 42.3 Å². The Morgan fingerprint density at radius 1 is 1.15 bits per heavy atom. The van der Waals surface area contributed by atoms with Crippen molar-refractivity contribution in [2.24, 2.45) is 4.99 Å². The van der Waals surface area contributed by atoms with Crippen LogP contribution in [0.5, 0.6) is 5.75 Å². The minimum atomic E-state index is -0.474. The predicted molar refractivity (Wildman–Crippen MR) is 127 cm³/mol. The van der Waals surface area contributed by atoms with Gasteiger partial charge in [-0.3, -0.25) is 14.4 Å². The van der Waals surface area contributed by atoms with Gasteiger partial charge in [-0.05, 0) is 37.3 Å². The SMILES string of the molecule is COc1ccc2c(c1)C(c1ccc(Cl)cc1)=NC(CC(=O)N1CCNCC1)c1nnc(C)n1-2. The summed E-state index contributed by atoms with van der Waals surface area (Å²) in [5.41, 5.74) is 3.46. The number of fused-ring (bicyclic) bond motifs is 3. The fourth-order valence-electron chi connectivity index (χ4n) is 4.39. The molecule has 2 aromatic carbocycles. The zero-order valence-electron chi connectivity index (χ0n) is 18.6. The lowest BCUT2D eigenvalue weighted by atomic mass is 10.00. The molecule has 1 unspecified atom stereocenters. The summed E-state index contributed by atoms with van der Waals surface area (Å²) in [6.45, 7) is 4.91. The number of hydrogen-bond acceptors (Lipinski definition) is 6. The molecule has 0 saturated carbocycles. The second kappa shape index (κ2) is 8.96. The van der Waals surface area contributed by atoms with Crippen LogP contribution in [-0.4, -0.2) is 64.6 Å². The molecule has 1 N–H and O–H groups in total. The van der Waals surface area contributed by atoms with Crippen LogP contribution in [0.15, 0.2) is 47.5 Å². The van der Waals surface area contributed by atoms with Gasteiger partial charge < -0.3 is 15.0 Å². The number of methoxy groups -OCH3 is 1. The second-order valence-corrected chi connectivity index (χ2v) is 8.60. The van der Waals surface area contributed by atoms with E-state index >= 15 is 0 Å². The molecule has 8 nitrogen and oxygen atoms in total. The number of ether oxygens (including phenoxy) is 1. The highest BCUT2D eigenvalue weighted by atomic mass is 35.5. The van der Waals surface area contributed by atoms with Crippen LogP contribution >= 0.6 is 11.6 Å². The summed E-state index contributed by atoms with van der Waals surface area (Å²) < 4.78 is 7.51. The summed E-state index contributed by atoms with van der Waals surface area (Å²) >= 11 is 6.15. The average molecular weight is 465 g/mol. The zero-order valence-corrected chi connectivity index (χ0v) is 19.3. The molecule has 33 heavy (non-hydrogen) atoms. The Bertz CT molecular complexity index is 1210. The van der Waals surface area contributed by atoms with Crippen molar-refractivity contribution in [3.8, 4) is 11.4 Å². The molecule has 1 aromatic heterocycles. The quantitative estimate of drug-likeness (QED) is 0.641. The fraction of sp³-hybridized carbons (Fsp3) is 0.333. The maximum Gasteiger partial charge on any atom is 0.225 e. The number of aliphatic imine (C=N–C) groups is 1. The van der Waals surface area contributed by atoms with Crippen molar-refractivity contribution >= 4 is 23.2 Å². The van der Waals surface area contributed by atoms with Crippen LogP contribution in [0.3, 0.4) is 0 Å². The molecule has 1 atom stereocenters. The van der Waals surface area contributed by atoms with Gasteiger partial charge in [-0.15, -0.1) is 10.2 Å². The molecule has 1 fully saturated rings. The van der Waals surface area contributed by atoms with E-state index in [0.717, 1.165) is 47.2 Å². The summed E-state index contributed by atoms with van der Waals surface area (Å²) in [4.78, 5) is 20.2. The number of aromatic nitrogens is 3. The van der Waals surface area contributed by atoms with Gasteiger partial charge in [0.05, 0.1) is 24.9 Å². The third-order valence-electron chi connectivity index (χ3n) is 6.09. The second-order valence-electron chi connectivity index (χ2n) is 8.16. The Balaban J connectivity index is 1.66. The lowest BCUT2D eigenvalue weighted by molar-refractivity contribution is -0.132. The largest absolute Gasteiger partial charge is 0.497 e. The monoisotopic (exact) mass is 464 g/mol. The number of halogens is 1. The minimum absolute atomic E-state index is 0.0662. The highest BCUT2D eigenvalue weighted by molar-refractivity contribution is 6.30.